The van der Waals surface area contributed by atoms with Crippen LogP contribution in [0, 0.1) is 0 Å². The normalized spacial score (nSPS) is 12.6. The van der Waals surface area contributed by atoms with Crippen LogP contribution in [-0.2, 0) is 28.6 Å². The maximum Gasteiger partial charge on any atom is 0.306 e. The van der Waals surface area contributed by atoms with E-state index in [-0.39, 0.29) is 31.1 Å². The Kier molecular flexibility index (Phi) is 67.2. The molecular weight excluding hydrogens is 1010 g/mol. The number of rotatable bonds is 65. The van der Waals surface area contributed by atoms with E-state index >= 15 is 0 Å². The number of hydrogen-bond donors (Lipinski definition) is 0. The van der Waals surface area contributed by atoms with Gasteiger partial charge in [-0.15, -0.1) is 0 Å². The summed E-state index contributed by atoms with van der Waals surface area (Å²) in [6, 6.07) is 0. The molecule has 1 atom stereocenters. The van der Waals surface area contributed by atoms with Crippen molar-refractivity contribution in [3.63, 3.8) is 0 Å². The fourth-order valence-corrected chi connectivity index (χ4v) is 10.3. The Balaban J connectivity index is 4.15. The Morgan fingerprint density at radius 2 is 0.476 bits per heavy atom. The molecule has 0 radical (unpaired) electrons. The highest BCUT2D eigenvalue weighted by Gasteiger charge is 2.19. The van der Waals surface area contributed by atoms with Crippen LogP contribution in [0.25, 0.3) is 0 Å². The largest absolute Gasteiger partial charge is 0.462 e. The standard InChI is InChI=1S/C76H134O6/c1-4-7-10-13-16-19-22-25-27-29-31-32-33-34-35-36-37-38-39-40-41-42-43-44-46-47-49-51-54-57-60-63-66-69-75(78)81-72-73(71-80-74(77)68-65-62-59-56-53-24-21-18-15-12-9-6-3)82-76(79)70-67-64-61-58-55-52-50-48-45-30-28-26-23-20-17-14-11-8-5-2/h7,10,16-17,19-20,25-28,31-32,45,48,73H,4-6,8-9,11-15,18,21-24,29-30,33-44,46-47,49-72H2,1-3H3/b10-7-,19-16-,20-17-,27-25-,28-26-,32-31-,48-45-. The minimum atomic E-state index is -0.781. The molecule has 82 heavy (non-hydrogen) atoms. The van der Waals surface area contributed by atoms with Crippen molar-refractivity contribution >= 4 is 17.9 Å². The van der Waals surface area contributed by atoms with Crippen molar-refractivity contribution < 1.29 is 28.6 Å². The Morgan fingerprint density at radius 3 is 0.768 bits per heavy atom. The van der Waals surface area contributed by atoms with Gasteiger partial charge in [0.15, 0.2) is 6.10 Å². The lowest BCUT2D eigenvalue weighted by molar-refractivity contribution is -0.167. The van der Waals surface area contributed by atoms with E-state index in [9.17, 15) is 14.4 Å². The van der Waals surface area contributed by atoms with Gasteiger partial charge >= 0.3 is 17.9 Å². The highest BCUT2D eigenvalue weighted by molar-refractivity contribution is 5.71. The summed E-state index contributed by atoms with van der Waals surface area (Å²) >= 11 is 0. The van der Waals surface area contributed by atoms with Gasteiger partial charge in [-0.25, -0.2) is 0 Å². The third-order valence-electron chi connectivity index (χ3n) is 15.6. The van der Waals surface area contributed by atoms with Crippen LogP contribution in [0.5, 0.6) is 0 Å². The fraction of sp³-hybridized carbons (Fsp3) is 0.776. The lowest BCUT2D eigenvalue weighted by Crippen LogP contribution is -2.30. The molecule has 0 amide bonds. The van der Waals surface area contributed by atoms with Gasteiger partial charge in [0.2, 0.25) is 0 Å². The quantitative estimate of drug-likeness (QED) is 0.0261. The van der Waals surface area contributed by atoms with E-state index in [1.165, 1.54) is 212 Å². The maximum atomic E-state index is 12.9. The van der Waals surface area contributed by atoms with Crippen molar-refractivity contribution in [2.75, 3.05) is 13.2 Å². The number of unbranched alkanes of at least 4 members (excludes halogenated alkanes) is 40. The summed E-state index contributed by atoms with van der Waals surface area (Å²) in [5.74, 6) is -0.868. The van der Waals surface area contributed by atoms with Crippen molar-refractivity contribution in [2.24, 2.45) is 0 Å². The van der Waals surface area contributed by atoms with Crippen molar-refractivity contribution in [1.29, 1.82) is 0 Å². The molecule has 0 rings (SSSR count). The monoisotopic (exact) mass is 1140 g/mol. The minimum Gasteiger partial charge on any atom is -0.462 e. The second-order valence-electron chi connectivity index (χ2n) is 23.8. The van der Waals surface area contributed by atoms with Gasteiger partial charge in [0.25, 0.3) is 0 Å². The van der Waals surface area contributed by atoms with Gasteiger partial charge in [-0.05, 0) is 96.3 Å². The Hall–Kier alpha value is -3.41. The van der Waals surface area contributed by atoms with Gasteiger partial charge in [0.05, 0.1) is 0 Å². The van der Waals surface area contributed by atoms with Gasteiger partial charge in [0, 0.05) is 19.3 Å². The molecule has 0 bridgehead atoms. The lowest BCUT2D eigenvalue weighted by atomic mass is 10.0. The summed E-state index contributed by atoms with van der Waals surface area (Å²) in [7, 11) is 0. The van der Waals surface area contributed by atoms with Crippen molar-refractivity contribution in [1.82, 2.24) is 0 Å². The zero-order valence-electron chi connectivity index (χ0n) is 54.5. The van der Waals surface area contributed by atoms with Gasteiger partial charge in [-0.2, -0.15) is 0 Å². The minimum absolute atomic E-state index is 0.0761. The van der Waals surface area contributed by atoms with Crippen LogP contribution in [0.15, 0.2) is 85.1 Å². The zero-order valence-corrected chi connectivity index (χ0v) is 54.5. The molecule has 0 saturated carbocycles. The van der Waals surface area contributed by atoms with Crippen molar-refractivity contribution in [3.05, 3.63) is 85.1 Å². The molecule has 0 aromatic rings. The molecule has 0 aliphatic carbocycles. The molecule has 474 valence electrons. The van der Waals surface area contributed by atoms with Gasteiger partial charge in [-0.1, -0.05) is 331 Å². The van der Waals surface area contributed by atoms with Crippen LogP contribution in [0.4, 0.5) is 0 Å². The molecule has 0 heterocycles. The summed E-state index contributed by atoms with van der Waals surface area (Å²) < 4.78 is 17.0. The SMILES string of the molecule is CC/C=C\C/C=C\C/C=C\C/C=C\CCCCCCCCCCCCCCCCCCCCCCC(=O)OCC(COC(=O)CCCCCCCCCCCCCC)OC(=O)CCCCCCCC/C=C\C/C=C\C/C=C\CCCCC. The summed E-state index contributed by atoms with van der Waals surface area (Å²) in [6.07, 6.45) is 93.3. The van der Waals surface area contributed by atoms with Crippen molar-refractivity contribution in [2.45, 2.75) is 367 Å². The lowest BCUT2D eigenvalue weighted by Gasteiger charge is -2.18. The van der Waals surface area contributed by atoms with Crippen LogP contribution in [0.3, 0.4) is 0 Å². The number of allylic oxidation sites excluding steroid dienone is 14. The van der Waals surface area contributed by atoms with Gasteiger partial charge < -0.3 is 14.2 Å². The molecule has 0 aromatic heterocycles. The molecule has 6 heteroatoms. The first-order chi connectivity index (χ1) is 40.5. The number of ether oxygens (including phenoxy) is 3. The fourth-order valence-electron chi connectivity index (χ4n) is 10.3. The molecule has 1 unspecified atom stereocenters. The van der Waals surface area contributed by atoms with E-state index < -0.39 is 6.10 Å². The van der Waals surface area contributed by atoms with Gasteiger partial charge in [-0.3, -0.25) is 14.4 Å². The van der Waals surface area contributed by atoms with Crippen LogP contribution in [0.2, 0.25) is 0 Å². The third-order valence-corrected chi connectivity index (χ3v) is 15.6. The first-order valence-electron chi connectivity index (χ1n) is 35.6. The molecule has 0 aliphatic rings. The highest BCUT2D eigenvalue weighted by atomic mass is 16.6. The molecule has 6 nitrogen and oxygen atoms in total. The molecule has 0 aliphatic heterocycles. The first-order valence-corrected chi connectivity index (χ1v) is 35.6. The van der Waals surface area contributed by atoms with E-state index in [0.717, 1.165) is 109 Å². The molecular formula is C76H134O6. The van der Waals surface area contributed by atoms with E-state index in [2.05, 4.69) is 106 Å². The Bertz CT molecular complexity index is 1550. The number of esters is 3. The van der Waals surface area contributed by atoms with Crippen LogP contribution in [-0.4, -0.2) is 37.2 Å². The van der Waals surface area contributed by atoms with E-state index in [0.29, 0.717) is 19.3 Å². The highest BCUT2D eigenvalue weighted by Crippen LogP contribution is 2.18. The van der Waals surface area contributed by atoms with Crippen molar-refractivity contribution in [3.8, 4) is 0 Å². The Morgan fingerprint density at radius 1 is 0.256 bits per heavy atom. The van der Waals surface area contributed by atoms with E-state index in [1.807, 2.05) is 0 Å². The van der Waals surface area contributed by atoms with Crippen LogP contribution < -0.4 is 0 Å². The smallest absolute Gasteiger partial charge is 0.306 e. The predicted octanol–water partition coefficient (Wildman–Crippen LogP) is 24.6. The molecule has 0 aromatic carbocycles. The molecule has 0 spiro atoms. The zero-order chi connectivity index (χ0) is 59.2. The van der Waals surface area contributed by atoms with E-state index in [1.54, 1.807) is 0 Å². The number of carbonyl (C=O) groups is 3. The van der Waals surface area contributed by atoms with Crippen LogP contribution in [0.1, 0.15) is 361 Å². The third kappa shape index (κ3) is 67.4. The second kappa shape index (κ2) is 70.1. The molecule has 0 saturated heterocycles. The summed E-state index contributed by atoms with van der Waals surface area (Å²) in [6.45, 7) is 6.53. The summed E-state index contributed by atoms with van der Waals surface area (Å²) in [4.78, 5) is 38.4. The molecule has 0 fully saturated rings. The molecule has 0 N–H and O–H groups in total. The topological polar surface area (TPSA) is 78.9 Å². The summed E-state index contributed by atoms with van der Waals surface area (Å²) in [5.41, 5.74) is 0. The maximum absolute atomic E-state index is 12.9. The summed E-state index contributed by atoms with van der Waals surface area (Å²) in [5, 5.41) is 0. The first kappa shape index (κ1) is 78.6. The number of carbonyl (C=O) groups excluding carboxylic acids is 3. The predicted molar refractivity (Wildman–Crippen MR) is 358 cm³/mol. The van der Waals surface area contributed by atoms with E-state index in [4.69, 9.17) is 14.2 Å². The average Bonchev–Trinajstić information content (AvgIpc) is 3.47. The van der Waals surface area contributed by atoms with Gasteiger partial charge in [0.1, 0.15) is 13.2 Å². The Labute approximate surface area is 509 Å². The average molecular weight is 1140 g/mol. The second-order valence-corrected chi connectivity index (χ2v) is 23.8. The van der Waals surface area contributed by atoms with Crippen LogP contribution >= 0.6 is 0 Å². The number of hydrogen-bond acceptors (Lipinski definition) is 6.